The van der Waals surface area contributed by atoms with Crippen LogP contribution in [0.5, 0.6) is 0 Å². The van der Waals surface area contributed by atoms with Crippen LogP contribution in [0, 0.1) is 5.92 Å². The number of methoxy groups -OCH3 is 1. The van der Waals surface area contributed by atoms with Crippen molar-refractivity contribution in [2.24, 2.45) is 5.92 Å². The molecule has 0 amide bonds. The number of hydrogen-bond donors (Lipinski definition) is 1. The van der Waals surface area contributed by atoms with Gasteiger partial charge in [-0.1, -0.05) is 29.3 Å². The highest BCUT2D eigenvalue weighted by Gasteiger charge is 2.34. The Morgan fingerprint density at radius 1 is 1.35 bits per heavy atom. The molecule has 0 unspecified atom stereocenters. The summed E-state index contributed by atoms with van der Waals surface area (Å²) in [5.74, 6) is -0.250. The van der Waals surface area contributed by atoms with Gasteiger partial charge in [0.1, 0.15) is 0 Å². The van der Waals surface area contributed by atoms with Gasteiger partial charge in [0.2, 0.25) is 0 Å². The van der Waals surface area contributed by atoms with E-state index in [1.165, 1.54) is 7.11 Å². The standard InChI is InChI=1S/C12H13Cl2NO2/c1-17-12(16)9-6-15-5-8(9)7-2-3-10(13)11(14)4-7/h2-4,8-9,15H,5-6H2,1H3/t8-,9-/m0/s1. The Hall–Kier alpha value is -0.770. The van der Waals surface area contributed by atoms with Crippen molar-refractivity contribution < 1.29 is 9.53 Å². The second-order valence-corrected chi connectivity index (χ2v) is 4.88. The lowest BCUT2D eigenvalue weighted by Crippen LogP contribution is -2.22. The number of ether oxygens (including phenoxy) is 1. The van der Waals surface area contributed by atoms with Gasteiger partial charge in [-0.2, -0.15) is 0 Å². The summed E-state index contributed by atoms with van der Waals surface area (Å²) in [4.78, 5) is 11.6. The Labute approximate surface area is 110 Å². The third-order valence-electron chi connectivity index (χ3n) is 3.09. The normalized spacial score (nSPS) is 23.7. The minimum atomic E-state index is -0.189. The third kappa shape index (κ3) is 2.57. The molecule has 0 aromatic heterocycles. The van der Waals surface area contributed by atoms with Crippen molar-refractivity contribution in [3.63, 3.8) is 0 Å². The second-order valence-electron chi connectivity index (χ2n) is 4.07. The van der Waals surface area contributed by atoms with Crippen LogP contribution in [0.25, 0.3) is 0 Å². The van der Waals surface area contributed by atoms with E-state index < -0.39 is 0 Å². The van der Waals surface area contributed by atoms with Crippen LogP contribution in [0.4, 0.5) is 0 Å². The molecule has 1 fully saturated rings. The fourth-order valence-corrected chi connectivity index (χ4v) is 2.48. The number of hydrogen-bond acceptors (Lipinski definition) is 3. The molecule has 5 heteroatoms. The molecule has 2 rings (SSSR count). The molecule has 0 saturated carbocycles. The van der Waals surface area contributed by atoms with E-state index >= 15 is 0 Å². The lowest BCUT2D eigenvalue weighted by atomic mass is 9.89. The van der Waals surface area contributed by atoms with Gasteiger partial charge in [-0.15, -0.1) is 0 Å². The molecule has 0 aliphatic carbocycles. The molecule has 92 valence electrons. The summed E-state index contributed by atoms with van der Waals surface area (Å²) in [6.45, 7) is 1.38. The van der Waals surface area contributed by atoms with Crippen molar-refractivity contribution in [3.8, 4) is 0 Å². The van der Waals surface area contributed by atoms with Gasteiger partial charge in [-0.05, 0) is 17.7 Å². The van der Waals surface area contributed by atoms with E-state index in [1.54, 1.807) is 6.07 Å². The molecule has 1 aromatic rings. The molecule has 0 radical (unpaired) electrons. The summed E-state index contributed by atoms with van der Waals surface area (Å²) >= 11 is 11.9. The van der Waals surface area contributed by atoms with Gasteiger partial charge in [0.25, 0.3) is 0 Å². The summed E-state index contributed by atoms with van der Waals surface area (Å²) in [5.41, 5.74) is 1.01. The first-order valence-corrected chi connectivity index (χ1v) is 6.12. The summed E-state index contributed by atoms with van der Waals surface area (Å²) in [5, 5.41) is 4.23. The number of halogens is 2. The van der Waals surface area contributed by atoms with Crippen molar-refractivity contribution in [2.75, 3.05) is 20.2 Å². The van der Waals surface area contributed by atoms with Gasteiger partial charge in [0.05, 0.1) is 23.1 Å². The van der Waals surface area contributed by atoms with Crippen LogP contribution >= 0.6 is 23.2 Å². The van der Waals surface area contributed by atoms with E-state index in [2.05, 4.69) is 5.32 Å². The van der Waals surface area contributed by atoms with Crippen LogP contribution in [0.1, 0.15) is 11.5 Å². The quantitative estimate of drug-likeness (QED) is 0.842. The molecular weight excluding hydrogens is 261 g/mol. The number of carbonyl (C=O) groups is 1. The Morgan fingerprint density at radius 3 is 2.76 bits per heavy atom. The zero-order valence-electron chi connectivity index (χ0n) is 9.37. The molecule has 17 heavy (non-hydrogen) atoms. The fourth-order valence-electron chi connectivity index (χ4n) is 2.17. The van der Waals surface area contributed by atoms with Crippen molar-refractivity contribution >= 4 is 29.2 Å². The van der Waals surface area contributed by atoms with Crippen LogP contribution in [0.2, 0.25) is 10.0 Å². The number of rotatable bonds is 2. The Morgan fingerprint density at radius 2 is 2.12 bits per heavy atom. The highest BCUT2D eigenvalue weighted by molar-refractivity contribution is 6.42. The van der Waals surface area contributed by atoms with Gasteiger partial charge in [-0.3, -0.25) is 4.79 Å². The summed E-state index contributed by atoms with van der Waals surface area (Å²) < 4.78 is 4.80. The number of carbonyl (C=O) groups excluding carboxylic acids is 1. The minimum absolute atomic E-state index is 0.0946. The SMILES string of the molecule is COC(=O)[C@H]1CNC[C@H]1c1ccc(Cl)c(Cl)c1. The lowest BCUT2D eigenvalue weighted by Gasteiger charge is -2.17. The molecule has 1 heterocycles. The highest BCUT2D eigenvalue weighted by Crippen LogP contribution is 2.32. The van der Waals surface area contributed by atoms with Crippen LogP contribution in [-0.2, 0) is 9.53 Å². The highest BCUT2D eigenvalue weighted by atomic mass is 35.5. The molecule has 1 aliphatic rings. The van der Waals surface area contributed by atoms with E-state index in [4.69, 9.17) is 27.9 Å². The molecule has 3 nitrogen and oxygen atoms in total. The summed E-state index contributed by atoms with van der Waals surface area (Å²) in [6, 6.07) is 5.48. The average Bonchev–Trinajstić information content (AvgIpc) is 2.80. The number of nitrogens with one attached hydrogen (secondary N) is 1. The second kappa shape index (κ2) is 5.25. The van der Waals surface area contributed by atoms with Gasteiger partial charge in [-0.25, -0.2) is 0 Å². The van der Waals surface area contributed by atoms with E-state index in [0.717, 1.165) is 12.1 Å². The zero-order valence-corrected chi connectivity index (χ0v) is 10.9. The Kier molecular flexibility index (Phi) is 3.92. The van der Waals surface area contributed by atoms with Crippen LogP contribution in [0.3, 0.4) is 0 Å². The maximum atomic E-state index is 11.6. The Balaban J connectivity index is 2.26. The average molecular weight is 274 g/mol. The first kappa shape index (κ1) is 12.7. The Bertz CT molecular complexity index is 437. The maximum Gasteiger partial charge on any atom is 0.310 e. The van der Waals surface area contributed by atoms with Crippen LogP contribution < -0.4 is 5.32 Å². The van der Waals surface area contributed by atoms with Crippen molar-refractivity contribution in [3.05, 3.63) is 33.8 Å². The lowest BCUT2D eigenvalue weighted by molar-refractivity contribution is -0.145. The van der Waals surface area contributed by atoms with Gasteiger partial charge in [0, 0.05) is 19.0 Å². The number of esters is 1. The molecule has 1 aromatic carbocycles. The molecule has 2 atom stereocenters. The molecule has 0 bridgehead atoms. The molecule has 0 spiro atoms. The van der Waals surface area contributed by atoms with Crippen molar-refractivity contribution in [1.82, 2.24) is 5.32 Å². The first-order chi connectivity index (χ1) is 8.13. The van der Waals surface area contributed by atoms with E-state index in [-0.39, 0.29) is 17.8 Å². The van der Waals surface area contributed by atoms with Crippen molar-refractivity contribution in [2.45, 2.75) is 5.92 Å². The summed E-state index contributed by atoms with van der Waals surface area (Å²) in [7, 11) is 1.41. The van der Waals surface area contributed by atoms with Gasteiger partial charge < -0.3 is 10.1 Å². The summed E-state index contributed by atoms with van der Waals surface area (Å²) in [6.07, 6.45) is 0. The minimum Gasteiger partial charge on any atom is -0.469 e. The molecule has 1 N–H and O–H groups in total. The third-order valence-corrected chi connectivity index (χ3v) is 3.83. The van der Waals surface area contributed by atoms with E-state index in [0.29, 0.717) is 16.6 Å². The zero-order chi connectivity index (χ0) is 12.4. The van der Waals surface area contributed by atoms with Crippen LogP contribution in [0.15, 0.2) is 18.2 Å². The van der Waals surface area contributed by atoms with Gasteiger partial charge >= 0.3 is 5.97 Å². The maximum absolute atomic E-state index is 11.6. The molecular formula is C12H13Cl2NO2. The predicted octanol–water partition coefficient (Wildman–Crippen LogP) is 2.47. The predicted molar refractivity (Wildman–Crippen MR) is 67.6 cm³/mol. The van der Waals surface area contributed by atoms with Gasteiger partial charge in [0.15, 0.2) is 0 Å². The largest absolute Gasteiger partial charge is 0.469 e. The van der Waals surface area contributed by atoms with Crippen molar-refractivity contribution in [1.29, 1.82) is 0 Å². The van der Waals surface area contributed by atoms with E-state index in [1.807, 2.05) is 12.1 Å². The topological polar surface area (TPSA) is 38.3 Å². The molecule has 1 aliphatic heterocycles. The monoisotopic (exact) mass is 273 g/mol. The first-order valence-electron chi connectivity index (χ1n) is 5.37. The number of benzene rings is 1. The molecule has 1 saturated heterocycles. The van der Waals surface area contributed by atoms with Crippen LogP contribution in [-0.4, -0.2) is 26.2 Å². The smallest absolute Gasteiger partial charge is 0.310 e. The fraction of sp³-hybridized carbons (Fsp3) is 0.417. The van der Waals surface area contributed by atoms with E-state index in [9.17, 15) is 4.79 Å².